The molecule has 0 heterocycles. The molecule has 4 heteroatoms. The molecule has 11 heavy (non-hydrogen) atoms. The summed E-state index contributed by atoms with van der Waals surface area (Å²) in [5.41, 5.74) is 0. The van der Waals surface area contributed by atoms with Gasteiger partial charge in [0.15, 0.2) is 6.10 Å². The Morgan fingerprint density at radius 2 is 2.27 bits per heavy atom. The Kier molecular flexibility index (Phi) is 4.81. The van der Waals surface area contributed by atoms with Gasteiger partial charge < -0.3 is 5.11 Å². The van der Waals surface area contributed by atoms with Gasteiger partial charge in [-0.25, -0.2) is 10.7 Å². The summed E-state index contributed by atoms with van der Waals surface area (Å²) in [4.78, 5) is 14.7. The molecule has 0 aromatic rings. The first-order valence-corrected chi connectivity index (χ1v) is 3.70. The van der Waals surface area contributed by atoms with Crippen LogP contribution >= 0.6 is 0 Å². The normalized spacial score (nSPS) is 15.9. The fourth-order valence-electron chi connectivity index (χ4n) is 0.747. The standard InChI is InChI=1S/C7H15NO3/c1-3-5(2)4-6(11-8)7(9)10/h5-6H,3-4,8H2,1-2H3,(H,9,10)/t5-,6+/m0/s1. The molecule has 0 aromatic heterocycles. The van der Waals surface area contributed by atoms with E-state index in [1.165, 1.54) is 0 Å². The van der Waals surface area contributed by atoms with Crippen LogP contribution in [0.1, 0.15) is 26.7 Å². The monoisotopic (exact) mass is 161 g/mol. The van der Waals surface area contributed by atoms with Crippen LogP contribution in [0, 0.1) is 5.92 Å². The van der Waals surface area contributed by atoms with Crippen molar-refractivity contribution in [1.82, 2.24) is 0 Å². The van der Waals surface area contributed by atoms with Crippen molar-refractivity contribution in [2.45, 2.75) is 32.8 Å². The fraction of sp³-hybridized carbons (Fsp3) is 0.857. The van der Waals surface area contributed by atoms with Gasteiger partial charge in [-0.2, -0.15) is 0 Å². The number of carboxylic acid groups (broad SMARTS) is 1. The Labute approximate surface area is 66.3 Å². The topological polar surface area (TPSA) is 72.5 Å². The minimum atomic E-state index is -0.993. The molecular weight excluding hydrogens is 146 g/mol. The number of carbonyl (C=O) groups is 1. The molecule has 0 bridgehead atoms. The molecule has 0 aliphatic heterocycles. The SMILES string of the molecule is CC[C@H](C)C[C@@H](ON)C(=O)O. The Balaban J connectivity index is 3.77. The highest BCUT2D eigenvalue weighted by Gasteiger charge is 2.19. The van der Waals surface area contributed by atoms with Gasteiger partial charge in [0, 0.05) is 0 Å². The summed E-state index contributed by atoms with van der Waals surface area (Å²) in [6, 6.07) is 0. The largest absolute Gasteiger partial charge is 0.479 e. The minimum absolute atomic E-state index is 0.333. The van der Waals surface area contributed by atoms with Crippen molar-refractivity contribution in [3.8, 4) is 0 Å². The van der Waals surface area contributed by atoms with Crippen LogP contribution < -0.4 is 5.90 Å². The Morgan fingerprint density at radius 1 is 1.73 bits per heavy atom. The Morgan fingerprint density at radius 3 is 2.55 bits per heavy atom. The lowest BCUT2D eigenvalue weighted by Crippen LogP contribution is -2.28. The summed E-state index contributed by atoms with van der Waals surface area (Å²) in [5, 5.41) is 8.51. The fourth-order valence-corrected chi connectivity index (χ4v) is 0.747. The zero-order chi connectivity index (χ0) is 8.85. The first-order chi connectivity index (χ1) is 5.11. The Hall–Kier alpha value is -0.610. The summed E-state index contributed by atoms with van der Waals surface area (Å²) in [6.07, 6.45) is 0.556. The van der Waals surface area contributed by atoms with E-state index < -0.39 is 12.1 Å². The molecule has 2 atom stereocenters. The summed E-state index contributed by atoms with van der Waals surface area (Å²) in [6.45, 7) is 3.97. The highest BCUT2D eigenvalue weighted by Crippen LogP contribution is 2.11. The van der Waals surface area contributed by atoms with Crippen LogP contribution in [0.15, 0.2) is 0 Å². The van der Waals surface area contributed by atoms with E-state index in [1.807, 2.05) is 13.8 Å². The van der Waals surface area contributed by atoms with Crippen molar-refractivity contribution in [1.29, 1.82) is 0 Å². The maximum absolute atomic E-state index is 10.4. The molecule has 0 radical (unpaired) electrons. The summed E-state index contributed by atoms with van der Waals surface area (Å²) in [7, 11) is 0. The van der Waals surface area contributed by atoms with Crippen molar-refractivity contribution in [3.05, 3.63) is 0 Å². The van der Waals surface area contributed by atoms with Gasteiger partial charge in [0.25, 0.3) is 0 Å². The molecule has 0 saturated heterocycles. The van der Waals surface area contributed by atoms with Crippen LogP contribution in [0.25, 0.3) is 0 Å². The molecule has 0 aromatic carbocycles. The number of nitrogens with two attached hydrogens (primary N) is 1. The molecule has 0 amide bonds. The van der Waals surface area contributed by atoms with E-state index in [4.69, 9.17) is 11.0 Å². The van der Waals surface area contributed by atoms with E-state index in [-0.39, 0.29) is 0 Å². The maximum atomic E-state index is 10.4. The van der Waals surface area contributed by atoms with Gasteiger partial charge >= 0.3 is 5.97 Å². The van der Waals surface area contributed by atoms with Crippen LogP contribution in [0.2, 0.25) is 0 Å². The average Bonchev–Trinajstić information content (AvgIpc) is 1.99. The van der Waals surface area contributed by atoms with Crippen molar-refractivity contribution in [2.24, 2.45) is 11.8 Å². The number of hydrogen-bond donors (Lipinski definition) is 2. The molecule has 0 aliphatic carbocycles. The van der Waals surface area contributed by atoms with Gasteiger partial charge in [-0.3, -0.25) is 4.84 Å². The molecule has 0 saturated carbocycles. The molecule has 3 N–H and O–H groups in total. The van der Waals surface area contributed by atoms with Gasteiger partial charge in [0.05, 0.1) is 0 Å². The number of rotatable bonds is 5. The molecule has 0 fully saturated rings. The van der Waals surface area contributed by atoms with Gasteiger partial charge in [-0.15, -0.1) is 0 Å². The third kappa shape index (κ3) is 3.95. The van der Waals surface area contributed by atoms with Crippen LogP contribution in [-0.4, -0.2) is 17.2 Å². The lowest BCUT2D eigenvalue weighted by atomic mass is 10.0. The van der Waals surface area contributed by atoms with Gasteiger partial charge in [0.2, 0.25) is 0 Å². The summed E-state index contributed by atoms with van der Waals surface area (Å²) >= 11 is 0. The van der Waals surface area contributed by atoms with Crippen LogP contribution in [-0.2, 0) is 9.63 Å². The van der Waals surface area contributed by atoms with Crippen molar-refractivity contribution >= 4 is 5.97 Å². The Bertz CT molecular complexity index is 127. The lowest BCUT2D eigenvalue weighted by Gasteiger charge is -2.13. The van der Waals surface area contributed by atoms with Gasteiger partial charge in [-0.1, -0.05) is 20.3 Å². The second-order valence-corrected chi connectivity index (χ2v) is 2.71. The second kappa shape index (κ2) is 5.09. The molecule has 0 rings (SSSR count). The van der Waals surface area contributed by atoms with Crippen LogP contribution in [0.4, 0.5) is 0 Å². The van der Waals surface area contributed by atoms with E-state index in [9.17, 15) is 4.79 Å². The average molecular weight is 161 g/mol. The first-order valence-electron chi connectivity index (χ1n) is 3.70. The number of hydrogen-bond acceptors (Lipinski definition) is 3. The predicted octanol–water partition coefficient (Wildman–Crippen LogP) is 0.766. The molecule has 0 unspecified atom stereocenters. The minimum Gasteiger partial charge on any atom is -0.479 e. The van der Waals surface area contributed by atoms with E-state index >= 15 is 0 Å². The summed E-state index contributed by atoms with van der Waals surface area (Å²) in [5.74, 6) is 4.14. The summed E-state index contributed by atoms with van der Waals surface area (Å²) < 4.78 is 0. The van der Waals surface area contributed by atoms with Crippen molar-refractivity contribution < 1.29 is 14.7 Å². The van der Waals surface area contributed by atoms with Crippen LogP contribution in [0.5, 0.6) is 0 Å². The van der Waals surface area contributed by atoms with E-state index in [1.54, 1.807) is 0 Å². The van der Waals surface area contributed by atoms with E-state index in [0.29, 0.717) is 12.3 Å². The first kappa shape index (κ1) is 10.4. The lowest BCUT2D eigenvalue weighted by molar-refractivity contribution is -0.151. The number of aliphatic carboxylic acids is 1. The maximum Gasteiger partial charge on any atom is 0.334 e. The van der Waals surface area contributed by atoms with Crippen LogP contribution in [0.3, 0.4) is 0 Å². The van der Waals surface area contributed by atoms with Gasteiger partial charge in [-0.05, 0) is 12.3 Å². The zero-order valence-electron chi connectivity index (χ0n) is 6.91. The number of carboxylic acids is 1. The van der Waals surface area contributed by atoms with Crippen molar-refractivity contribution in [3.63, 3.8) is 0 Å². The highest BCUT2D eigenvalue weighted by molar-refractivity contribution is 5.72. The van der Waals surface area contributed by atoms with E-state index in [0.717, 1.165) is 6.42 Å². The molecule has 4 nitrogen and oxygen atoms in total. The molecule has 0 spiro atoms. The predicted molar refractivity (Wildman–Crippen MR) is 40.8 cm³/mol. The quantitative estimate of drug-likeness (QED) is 0.584. The molecule has 0 aliphatic rings. The van der Waals surface area contributed by atoms with E-state index in [2.05, 4.69) is 4.84 Å². The van der Waals surface area contributed by atoms with Crippen molar-refractivity contribution in [2.75, 3.05) is 0 Å². The third-order valence-corrected chi connectivity index (χ3v) is 1.75. The molecular formula is C7H15NO3. The smallest absolute Gasteiger partial charge is 0.334 e. The molecule has 66 valence electrons. The third-order valence-electron chi connectivity index (χ3n) is 1.75. The highest BCUT2D eigenvalue weighted by atomic mass is 16.6. The van der Waals surface area contributed by atoms with Gasteiger partial charge in [0.1, 0.15) is 0 Å². The zero-order valence-corrected chi connectivity index (χ0v) is 6.91. The second-order valence-electron chi connectivity index (χ2n) is 2.71.